The lowest BCUT2D eigenvalue weighted by Crippen LogP contribution is -2.13. The summed E-state index contributed by atoms with van der Waals surface area (Å²) in [5, 5.41) is -3.12. The zero-order valence-corrected chi connectivity index (χ0v) is 24.9. The fourth-order valence-corrected chi connectivity index (χ4v) is 5.82. The van der Waals surface area contributed by atoms with Crippen molar-refractivity contribution in [2.75, 3.05) is 0 Å². The van der Waals surface area contributed by atoms with Gasteiger partial charge in [-0.05, 0) is 72.6 Å². The monoisotopic (exact) mass is 692 g/mol. The van der Waals surface area contributed by atoms with E-state index in [2.05, 4.69) is 9.97 Å². The van der Waals surface area contributed by atoms with E-state index < -0.39 is 268 Å². The summed E-state index contributed by atoms with van der Waals surface area (Å²) < 4.78 is 376. The molecule has 0 amide bonds. The molecule has 4 heteroatoms. The van der Waals surface area contributed by atoms with E-state index in [0.29, 0.717) is 15.2 Å². The van der Waals surface area contributed by atoms with Crippen LogP contribution in [-0.4, -0.2) is 19.1 Å². The predicted molar refractivity (Wildman–Crippen MR) is 208 cm³/mol. The molecule has 0 spiro atoms. The summed E-state index contributed by atoms with van der Waals surface area (Å²) in [6, 6.07) is -23.1. The lowest BCUT2D eigenvalue weighted by Gasteiger charge is -2.29. The number of hydrogen-bond acceptors (Lipinski definition) is 2. The molecule has 0 atom stereocenters. The van der Waals surface area contributed by atoms with Crippen LogP contribution in [0.15, 0.2) is 121 Å². The third kappa shape index (κ3) is 4.80. The highest BCUT2D eigenvalue weighted by molar-refractivity contribution is 6.10. The zero-order chi connectivity index (χ0) is 69.3. The van der Waals surface area contributed by atoms with E-state index in [1.807, 2.05) is 0 Å². The largest absolute Gasteiger partial charge is 0.294 e. The number of hydrogen-bond donors (Lipinski definition) is 0. The van der Waals surface area contributed by atoms with Crippen molar-refractivity contribution in [1.82, 2.24) is 19.1 Å². The van der Waals surface area contributed by atoms with E-state index in [9.17, 15) is 23.3 Å². The molecule has 2 saturated carbocycles. The van der Waals surface area contributed by atoms with Crippen LogP contribution in [-0.2, 0) is 0 Å². The van der Waals surface area contributed by atoms with E-state index in [0.717, 1.165) is 0 Å². The van der Waals surface area contributed by atoms with Crippen LogP contribution in [0.4, 0.5) is 0 Å². The van der Waals surface area contributed by atoms with Gasteiger partial charge in [0, 0.05) is 63.3 Å². The van der Waals surface area contributed by atoms with E-state index in [4.69, 9.17) is 32.9 Å². The highest BCUT2D eigenvalue weighted by Gasteiger charge is 2.28. The Kier molecular flexibility index (Phi) is 2.35. The number of aromatic nitrogens is 4. The van der Waals surface area contributed by atoms with Gasteiger partial charge in [0.05, 0.1) is 48.1 Å². The predicted octanol–water partition coefficient (Wildman–Crippen LogP) is 12.4. The molecule has 8 aromatic rings. The second-order valence-electron chi connectivity index (χ2n) is 10.5. The van der Waals surface area contributed by atoms with Crippen LogP contribution in [0, 0.1) is 0 Å². The van der Waals surface area contributed by atoms with Gasteiger partial charge < -0.3 is 0 Å². The van der Waals surface area contributed by atoms with Gasteiger partial charge in [0.25, 0.3) is 0 Å². The number of benzene rings is 5. The van der Waals surface area contributed by atoms with Crippen LogP contribution >= 0.6 is 0 Å². The van der Waals surface area contributed by atoms with Gasteiger partial charge in [0.2, 0.25) is 0 Å². The van der Waals surface area contributed by atoms with Gasteiger partial charge in [-0.1, -0.05) is 129 Å². The van der Waals surface area contributed by atoms with Crippen molar-refractivity contribution in [2.45, 2.75) is 75.5 Å². The normalized spacial score (nSPS) is 39.4. The van der Waals surface area contributed by atoms with Gasteiger partial charge in [0.15, 0.2) is 5.82 Å². The van der Waals surface area contributed by atoms with Gasteiger partial charge in [0.1, 0.15) is 11.6 Å². The summed E-state index contributed by atoms with van der Waals surface area (Å²) in [7, 11) is 0. The molecule has 2 fully saturated rings. The Morgan fingerprint density at radius 2 is 0.840 bits per heavy atom. The number of para-hydroxylation sites is 4. The lowest BCUT2D eigenvalue weighted by atomic mass is 9.76. The van der Waals surface area contributed by atoms with Gasteiger partial charge in [-0.15, -0.1) is 0 Å². The third-order valence-corrected chi connectivity index (χ3v) is 7.82. The van der Waals surface area contributed by atoms with Crippen molar-refractivity contribution >= 4 is 43.6 Å². The molecule has 3 aromatic heterocycles. The fraction of sp³-hybridized carbons (Fsp3) is 0.261. The molecule has 0 bridgehead atoms. The Morgan fingerprint density at radius 1 is 0.480 bits per heavy atom. The molecule has 50 heavy (non-hydrogen) atoms. The van der Waals surface area contributed by atoms with Crippen LogP contribution in [0.1, 0.15) is 143 Å². The van der Waals surface area contributed by atoms with Crippen molar-refractivity contribution in [3.05, 3.63) is 132 Å². The maximum absolute atomic E-state index is 10.2. The summed E-state index contributed by atoms with van der Waals surface area (Å²) in [6.45, 7) is 0. The number of nitrogens with zero attached hydrogens (tertiary/aromatic N) is 4. The van der Waals surface area contributed by atoms with E-state index in [1.54, 1.807) is 0 Å². The summed E-state index contributed by atoms with van der Waals surface area (Å²) in [4.78, 5) is 8.82. The second kappa shape index (κ2) is 12.3. The maximum Gasteiger partial charge on any atom is 0.164 e. The van der Waals surface area contributed by atoms with E-state index in [-0.39, 0.29) is 0 Å². The van der Waals surface area contributed by atoms with Crippen molar-refractivity contribution in [3.8, 4) is 23.0 Å². The van der Waals surface area contributed by atoms with Gasteiger partial charge >= 0.3 is 0 Å². The summed E-state index contributed by atoms with van der Waals surface area (Å²) >= 11 is 0. The van der Waals surface area contributed by atoms with Crippen LogP contribution in [0.5, 0.6) is 0 Å². The standard InChI is InChI=1S/C46H42N4/c1-3-16-31(17-4-1)33-24-15-25-34(32-18-5-2-6-19-32)45(33)46-47-43(49-39-26-11-7-20-35(39)36-21-8-12-27-40(36)49)30-44(48-46)50-41-28-13-9-22-37(41)38-23-10-14-29-42(38)50/h7-15,20-32H,1-6,16-19H2/i1D2,2D2,3D2,4D2,5D2,6D2,7D,8D,9D,10D,11D,12D,13D,14D,15D,16D2,17D2,18D2,19D2,20D,21D,22D,23D,24D,25D,26D,27D,28D,29D,31D,32D. The first kappa shape index (κ1) is 9.55. The highest BCUT2D eigenvalue weighted by atomic mass is 15.1. The third-order valence-electron chi connectivity index (χ3n) is 7.82. The summed E-state index contributed by atoms with van der Waals surface area (Å²) in [5.41, 5.74) is -10.3. The van der Waals surface area contributed by atoms with Crippen LogP contribution < -0.4 is 0 Å². The number of rotatable bonds is 5. The summed E-state index contributed by atoms with van der Waals surface area (Å²) in [5.74, 6) is -14.2. The van der Waals surface area contributed by atoms with Crippen molar-refractivity contribution < 1.29 is 56.2 Å². The minimum absolute atomic E-state index is 0.470. The molecule has 0 unspecified atom stereocenters. The molecule has 2 aliphatic rings. The topological polar surface area (TPSA) is 35.6 Å². The molecule has 0 saturated heterocycles. The van der Waals surface area contributed by atoms with Crippen molar-refractivity contribution in [2.24, 2.45) is 0 Å². The molecule has 3 heterocycles. The minimum atomic E-state index is -4.93. The van der Waals surface area contributed by atoms with E-state index in [1.165, 1.54) is 0 Å². The van der Waals surface area contributed by atoms with Crippen LogP contribution in [0.2, 0.25) is 0 Å². The van der Waals surface area contributed by atoms with E-state index >= 15 is 0 Å². The lowest BCUT2D eigenvalue weighted by molar-refractivity contribution is 0.436. The molecule has 0 aliphatic heterocycles. The molecule has 246 valence electrons. The number of fused-ring (bicyclic) bond motifs is 6. The Labute approximate surface area is 351 Å². The second-order valence-corrected chi connectivity index (χ2v) is 10.5. The minimum Gasteiger partial charge on any atom is -0.294 e. The quantitative estimate of drug-likeness (QED) is 0.180. The fourth-order valence-electron chi connectivity index (χ4n) is 5.82. The Bertz CT molecular complexity index is 4150. The average Bonchev–Trinajstić information content (AvgIpc) is 1.49. The Morgan fingerprint density at radius 3 is 1.22 bits per heavy atom. The molecule has 2 aliphatic carbocycles. The Balaban J connectivity index is 1.64. The first-order chi connectivity index (χ1) is 41.0. The molecular formula is C46H42N4. The Hall–Kier alpha value is -5.22. The first-order valence-electron chi connectivity index (χ1n) is 35.1. The SMILES string of the molecule is [2H]c1c([2H])c(C2([2H])C([2H])([2H])C([2H])([2H])C([2H])([2H])C([2H])([2H])C2([2H])[2H])c(-c2nc(-n3c4c([2H])c([2H])c([2H])c([2H])c4c4c([2H])c([2H])c([2H])c([2H])c43)cc(-n3c4c([2H])c([2H])c([2H])c([2H])c4c4c([2H])c([2H])c([2H])c([2H])c43)n2)c(C2([2H])C([2H])([2H])C([2H])([2H])C([2H])([2H])C([2H])([2H])C2([2H])[2H])c1[2H]. The van der Waals surface area contributed by atoms with Crippen molar-refractivity contribution in [1.29, 1.82) is 0 Å². The van der Waals surface area contributed by atoms with Crippen molar-refractivity contribution in [3.63, 3.8) is 0 Å². The highest BCUT2D eigenvalue weighted by Crippen LogP contribution is 2.45. The molecular weight excluding hydrogens is 609 g/mol. The van der Waals surface area contributed by atoms with Gasteiger partial charge in [-0.25, -0.2) is 9.97 Å². The van der Waals surface area contributed by atoms with Gasteiger partial charge in [-0.3, -0.25) is 9.13 Å². The van der Waals surface area contributed by atoms with Gasteiger partial charge in [-0.2, -0.15) is 0 Å². The molecule has 10 rings (SSSR count). The molecule has 0 N–H and O–H groups in total. The van der Waals surface area contributed by atoms with Crippen LogP contribution in [0.25, 0.3) is 66.6 Å². The molecule has 0 radical (unpaired) electrons. The first-order valence-corrected chi connectivity index (χ1v) is 14.6. The molecule has 5 aromatic carbocycles. The summed E-state index contributed by atoms with van der Waals surface area (Å²) in [6.07, 6.45) is -46.8. The maximum atomic E-state index is 10.2. The smallest absolute Gasteiger partial charge is 0.164 e. The van der Waals surface area contributed by atoms with Crippen LogP contribution in [0.3, 0.4) is 0 Å². The average molecular weight is 692 g/mol. The molecule has 4 nitrogen and oxygen atoms in total. The zero-order valence-electron chi connectivity index (χ0n) is 65.9.